The van der Waals surface area contributed by atoms with Crippen LogP contribution in [0.4, 0.5) is 13.2 Å². The van der Waals surface area contributed by atoms with E-state index in [1.807, 2.05) is 0 Å². The molecule has 1 aromatic carbocycles. The second-order valence-electron chi connectivity index (χ2n) is 4.74. The molecule has 0 spiro atoms. The summed E-state index contributed by atoms with van der Waals surface area (Å²) in [5.74, 6) is -1.27. The van der Waals surface area contributed by atoms with Crippen LogP contribution in [0.2, 0.25) is 10.0 Å². The monoisotopic (exact) mass is 407 g/mol. The lowest BCUT2D eigenvalue weighted by molar-refractivity contribution is -0.138. The fraction of sp³-hybridized carbons (Fsp3) is 0.0714. The summed E-state index contributed by atoms with van der Waals surface area (Å²) >= 11 is 12.3. The molecule has 11 heteroatoms. The Hall–Kier alpha value is -2.10. The number of carbonyl (C=O) groups is 1. The van der Waals surface area contributed by atoms with Crippen LogP contribution in [0, 0.1) is 0 Å². The van der Waals surface area contributed by atoms with Crippen LogP contribution in [0.15, 0.2) is 24.3 Å². The first kappa shape index (κ1) is 17.7. The van der Waals surface area contributed by atoms with E-state index in [1.54, 1.807) is 6.07 Å². The highest BCUT2D eigenvalue weighted by Crippen LogP contribution is 2.37. The van der Waals surface area contributed by atoms with Crippen molar-refractivity contribution in [1.82, 2.24) is 14.6 Å². The Balaban J connectivity index is 2.25. The molecule has 0 amide bonds. The molecule has 2 aromatic heterocycles. The standard InChI is InChI=1S/C14H6Cl2F3N3O2S/c15-6-1-2-7(8(16)5-6)11-9(3-4-10(23)24)22-13(20-11)25-12(21-22)14(17,18)19/h1-5H,(H,23,24)/b4-3+. The first-order valence-corrected chi connectivity index (χ1v) is 8.07. The third-order valence-electron chi connectivity index (χ3n) is 3.05. The van der Waals surface area contributed by atoms with Crippen molar-refractivity contribution < 1.29 is 23.1 Å². The molecule has 0 bridgehead atoms. The van der Waals surface area contributed by atoms with Gasteiger partial charge in [-0.1, -0.05) is 34.5 Å². The molecule has 3 rings (SSSR count). The largest absolute Gasteiger partial charge is 0.478 e. The average molecular weight is 408 g/mol. The third kappa shape index (κ3) is 3.48. The predicted molar refractivity (Wildman–Crippen MR) is 88.0 cm³/mol. The third-order valence-corrected chi connectivity index (χ3v) is 4.55. The Morgan fingerprint density at radius 1 is 1.32 bits per heavy atom. The van der Waals surface area contributed by atoms with Crippen molar-refractivity contribution in [3.63, 3.8) is 0 Å². The number of benzene rings is 1. The SMILES string of the molecule is O=C(O)/C=C/c1c(-c2ccc(Cl)cc2Cl)nc2sc(C(F)(F)F)nn12. The van der Waals surface area contributed by atoms with Crippen LogP contribution in [-0.4, -0.2) is 25.7 Å². The smallest absolute Gasteiger partial charge is 0.445 e. The number of imidazole rings is 1. The molecule has 0 unspecified atom stereocenters. The van der Waals surface area contributed by atoms with E-state index < -0.39 is 17.2 Å². The van der Waals surface area contributed by atoms with Crippen molar-refractivity contribution in [2.45, 2.75) is 6.18 Å². The van der Waals surface area contributed by atoms with Crippen LogP contribution in [0.1, 0.15) is 10.7 Å². The van der Waals surface area contributed by atoms with Crippen molar-refractivity contribution in [2.75, 3.05) is 0 Å². The minimum atomic E-state index is -4.63. The van der Waals surface area contributed by atoms with Gasteiger partial charge in [0.1, 0.15) is 5.69 Å². The minimum absolute atomic E-state index is 0.0432. The van der Waals surface area contributed by atoms with E-state index in [4.69, 9.17) is 28.3 Å². The van der Waals surface area contributed by atoms with Gasteiger partial charge in [-0.15, -0.1) is 5.10 Å². The highest BCUT2D eigenvalue weighted by atomic mass is 35.5. The Labute approximate surface area is 151 Å². The second-order valence-corrected chi connectivity index (χ2v) is 6.54. The number of carboxylic acids is 1. The van der Waals surface area contributed by atoms with E-state index in [0.29, 0.717) is 21.9 Å². The van der Waals surface area contributed by atoms with Crippen LogP contribution in [0.3, 0.4) is 0 Å². The molecule has 0 fully saturated rings. The summed E-state index contributed by atoms with van der Waals surface area (Å²) in [5.41, 5.74) is 0.655. The Morgan fingerprint density at radius 3 is 2.64 bits per heavy atom. The lowest BCUT2D eigenvalue weighted by atomic mass is 10.1. The average Bonchev–Trinajstić information content (AvgIpc) is 3.02. The van der Waals surface area contributed by atoms with Gasteiger partial charge in [0.05, 0.1) is 10.7 Å². The van der Waals surface area contributed by atoms with E-state index >= 15 is 0 Å². The number of hydrogen-bond acceptors (Lipinski definition) is 4. The van der Waals surface area contributed by atoms with Crippen molar-refractivity contribution >= 4 is 51.5 Å². The molecule has 0 aliphatic carbocycles. The number of aromatic nitrogens is 3. The van der Waals surface area contributed by atoms with Crippen molar-refractivity contribution in [2.24, 2.45) is 0 Å². The van der Waals surface area contributed by atoms with Crippen LogP contribution < -0.4 is 0 Å². The maximum Gasteiger partial charge on any atom is 0.445 e. The van der Waals surface area contributed by atoms with Gasteiger partial charge < -0.3 is 5.11 Å². The molecule has 5 nitrogen and oxygen atoms in total. The van der Waals surface area contributed by atoms with Gasteiger partial charge in [0.15, 0.2) is 0 Å². The van der Waals surface area contributed by atoms with Crippen LogP contribution in [0.25, 0.3) is 22.3 Å². The highest BCUT2D eigenvalue weighted by Gasteiger charge is 2.36. The summed E-state index contributed by atoms with van der Waals surface area (Å²) in [7, 11) is 0. The minimum Gasteiger partial charge on any atom is -0.478 e. The first-order chi connectivity index (χ1) is 11.7. The Kier molecular flexibility index (Phi) is 4.48. The Bertz CT molecular complexity index is 1010. The number of halogens is 5. The van der Waals surface area contributed by atoms with Gasteiger partial charge in [0.2, 0.25) is 9.97 Å². The number of rotatable bonds is 3. The fourth-order valence-corrected chi connectivity index (χ4v) is 3.33. The summed E-state index contributed by atoms with van der Waals surface area (Å²) in [6, 6.07) is 4.53. The molecule has 0 saturated carbocycles. The maximum atomic E-state index is 12.8. The molecule has 2 heterocycles. The van der Waals surface area contributed by atoms with Crippen LogP contribution >= 0.6 is 34.5 Å². The molecule has 130 valence electrons. The number of carboxylic acid groups (broad SMARTS) is 1. The summed E-state index contributed by atoms with van der Waals surface area (Å²) in [4.78, 5) is 14.9. The van der Waals surface area contributed by atoms with Crippen molar-refractivity contribution in [3.05, 3.63) is 45.0 Å². The zero-order chi connectivity index (χ0) is 18.4. The van der Waals surface area contributed by atoms with Gasteiger partial charge in [0.25, 0.3) is 0 Å². The normalized spacial score (nSPS) is 12.4. The van der Waals surface area contributed by atoms with Crippen LogP contribution in [-0.2, 0) is 11.0 Å². The van der Waals surface area contributed by atoms with Gasteiger partial charge in [-0.25, -0.2) is 14.3 Å². The number of fused-ring (bicyclic) bond motifs is 1. The summed E-state index contributed by atoms with van der Waals surface area (Å²) in [6.07, 6.45) is -2.73. The topological polar surface area (TPSA) is 67.5 Å². The predicted octanol–water partition coefficient (Wildman–Crippen LogP) is 4.88. The van der Waals surface area contributed by atoms with E-state index in [1.165, 1.54) is 12.1 Å². The van der Waals surface area contributed by atoms with E-state index in [0.717, 1.165) is 16.7 Å². The quantitative estimate of drug-likeness (QED) is 0.628. The van der Waals surface area contributed by atoms with Gasteiger partial charge in [-0.05, 0) is 24.3 Å². The number of alkyl halides is 3. The number of nitrogens with zero attached hydrogens (tertiary/aromatic N) is 3. The zero-order valence-electron chi connectivity index (χ0n) is 11.9. The summed E-state index contributed by atoms with van der Waals surface area (Å²) in [5, 5.41) is 11.8. The lowest BCUT2D eigenvalue weighted by Gasteiger charge is -2.04. The molecular weight excluding hydrogens is 402 g/mol. The van der Waals surface area contributed by atoms with E-state index in [-0.39, 0.29) is 21.4 Å². The highest BCUT2D eigenvalue weighted by molar-refractivity contribution is 7.16. The van der Waals surface area contributed by atoms with Gasteiger partial charge >= 0.3 is 12.1 Å². The molecule has 1 N–H and O–H groups in total. The second kappa shape index (κ2) is 6.32. The van der Waals surface area contributed by atoms with Gasteiger partial charge in [-0.3, -0.25) is 0 Å². The molecule has 0 radical (unpaired) electrons. The molecule has 0 aliphatic heterocycles. The van der Waals surface area contributed by atoms with E-state index in [2.05, 4.69) is 10.1 Å². The molecule has 0 aliphatic rings. The van der Waals surface area contributed by atoms with Gasteiger partial charge in [-0.2, -0.15) is 13.2 Å². The zero-order valence-corrected chi connectivity index (χ0v) is 14.2. The fourth-order valence-electron chi connectivity index (χ4n) is 2.06. The number of hydrogen-bond donors (Lipinski definition) is 1. The Morgan fingerprint density at radius 2 is 2.04 bits per heavy atom. The summed E-state index contributed by atoms with van der Waals surface area (Å²) < 4.78 is 39.5. The van der Waals surface area contributed by atoms with Crippen LogP contribution in [0.5, 0.6) is 0 Å². The summed E-state index contributed by atoms with van der Waals surface area (Å²) in [6.45, 7) is 0. The van der Waals surface area contributed by atoms with E-state index in [9.17, 15) is 18.0 Å². The van der Waals surface area contributed by atoms with Crippen molar-refractivity contribution in [1.29, 1.82) is 0 Å². The van der Waals surface area contributed by atoms with Crippen molar-refractivity contribution in [3.8, 4) is 11.3 Å². The lowest BCUT2D eigenvalue weighted by Crippen LogP contribution is -2.05. The number of aliphatic carboxylic acids is 1. The maximum absolute atomic E-state index is 12.8. The molecule has 3 aromatic rings. The molecule has 25 heavy (non-hydrogen) atoms. The molecule has 0 saturated heterocycles. The first-order valence-electron chi connectivity index (χ1n) is 6.50. The molecular formula is C14H6Cl2F3N3O2S. The van der Waals surface area contributed by atoms with Gasteiger partial charge in [0, 0.05) is 16.7 Å². The molecule has 0 atom stereocenters.